The summed E-state index contributed by atoms with van der Waals surface area (Å²) in [7, 11) is -7.90. The van der Waals surface area contributed by atoms with Crippen molar-refractivity contribution in [2.75, 3.05) is 21.7 Å². The molecule has 2 fully saturated rings. The molecule has 1 aliphatic carbocycles. The zero-order valence-electron chi connectivity index (χ0n) is 33.8. The number of halogens is 3. The predicted molar refractivity (Wildman–Crippen MR) is 242 cm³/mol. The van der Waals surface area contributed by atoms with Crippen LogP contribution in [0.3, 0.4) is 0 Å². The number of aromatic nitrogens is 2. The summed E-state index contributed by atoms with van der Waals surface area (Å²) in [5.41, 5.74) is 2.94. The molecule has 2 aliphatic rings. The number of rotatable bonds is 13. The van der Waals surface area contributed by atoms with E-state index in [-0.39, 0.29) is 47.3 Å². The molecule has 326 valence electrons. The van der Waals surface area contributed by atoms with Gasteiger partial charge in [0, 0.05) is 58.5 Å². The van der Waals surface area contributed by atoms with Crippen LogP contribution < -0.4 is 13.9 Å². The average molecular weight is 930 g/mol. The Labute approximate surface area is 376 Å². The maximum Gasteiger partial charge on any atom is 0.266 e. The summed E-state index contributed by atoms with van der Waals surface area (Å²) in [4.78, 5) is 34.9. The number of nitrogens with zero attached hydrogens (tertiary/aromatic N) is 5. The fourth-order valence-electron chi connectivity index (χ4n) is 6.90. The van der Waals surface area contributed by atoms with Gasteiger partial charge in [-0.3, -0.25) is 28.2 Å². The third-order valence-electron chi connectivity index (χ3n) is 10.6. The van der Waals surface area contributed by atoms with E-state index in [0.717, 1.165) is 30.4 Å². The number of sulfonamides is 2. The van der Waals surface area contributed by atoms with E-state index < -0.39 is 26.2 Å². The number of hydrogen-bond donors (Lipinski definition) is 1. The van der Waals surface area contributed by atoms with Crippen molar-refractivity contribution in [3.05, 3.63) is 178 Å². The Morgan fingerprint density at radius 1 is 0.667 bits per heavy atom. The first-order valence-electron chi connectivity index (χ1n) is 20.1. The zero-order chi connectivity index (χ0) is 44.6. The fraction of sp³-hybridized carbons (Fsp3) is 0.217. The van der Waals surface area contributed by atoms with Gasteiger partial charge in [-0.05, 0) is 122 Å². The summed E-state index contributed by atoms with van der Waals surface area (Å²) >= 11 is 12.0. The van der Waals surface area contributed by atoms with Crippen molar-refractivity contribution in [1.29, 1.82) is 0 Å². The van der Waals surface area contributed by atoms with Crippen LogP contribution in [-0.4, -0.2) is 68.8 Å². The highest BCUT2D eigenvalue weighted by Gasteiger charge is 2.30. The van der Waals surface area contributed by atoms with Crippen LogP contribution in [0, 0.1) is 0 Å². The van der Waals surface area contributed by atoms with Crippen LogP contribution in [0.5, 0.6) is 0 Å². The smallest absolute Gasteiger partial charge is 0.266 e. The van der Waals surface area contributed by atoms with Gasteiger partial charge in [0.2, 0.25) is 0 Å². The van der Waals surface area contributed by atoms with Crippen molar-refractivity contribution >= 4 is 66.4 Å². The first-order valence-corrected chi connectivity index (χ1v) is 23.7. The Hall–Kier alpha value is -5.87. The SMILES string of the molecule is O=C(NC1CCC1)c1cccc(N(Cc2ccc(Cl)cc2)S(=O)(=O)c2cccnc2)c1.O=C(c1cccc(N(Cc2ccc(Cl)cc2)S(=O)(=O)c2cccnc2)c1)N1CC[C@@H](F)C1. The molecule has 0 unspecified atom stereocenters. The molecule has 1 saturated carbocycles. The van der Waals surface area contributed by atoms with Gasteiger partial charge < -0.3 is 10.2 Å². The molecule has 8 rings (SSSR count). The number of alkyl halides is 1. The third-order valence-corrected chi connectivity index (χ3v) is 14.6. The first kappa shape index (κ1) is 45.2. The second-order valence-electron chi connectivity index (χ2n) is 15.0. The molecule has 63 heavy (non-hydrogen) atoms. The standard InChI is InChI=1S/C23H21ClFN3O3S.C23H22ClN3O3S/c24-19-8-6-17(7-9-19)15-28(32(30,31)22-5-2-11-26-14-22)21-4-1-3-18(13-21)23(29)27-12-10-20(25)16-27;24-19-11-9-17(10-12-19)16-27(31(29,30)22-8-3-13-25-15-22)21-7-1-4-18(14-21)23(28)26-20-5-2-6-20/h1-9,11,13-14,20H,10,12,15-16H2;1,3-4,7-15,20H,2,5-6,16H2,(H,26,28)/t20-;/m1./s1. The third kappa shape index (κ3) is 11.2. The molecular weight excluding hydrogens is 887 g/mol. The molecule has 4 aromatic carbocycles. The zero-order valence-corrected chi connectivity index (χ0v) is 36.9. The molecule has 1 atom stereocenters. The average Bonchev–Trinajstić information content (AvgIpc) is 3.73. The van der Waals surface area contributed by atoms with Crippen LogP contribution in [0.4, 0.5) is 15.8 Å². The monoisotopic (exact) mass is 928 g/mol. The molecule has 17 heteroatoms. The lowest BCUT2D eigenvalue weighted by atomic mass is 9.93. The van der Waals surface area contributed by atoms with E-state index >= 15 is 0 Å². The van der Waals surface area contributed by atoms with E-state index in [2.05, 4.69) is 15.3 Å². The second-order valence-corrected chi connectivity index (χ2v) is 19.6. The molecule has 2 aromatic heterocycles. The second kappa shape index (κ2) is 20.1. The van der Waals surface area contributed by atoms with Crippen LogP contribution in [-0.2, 0) is 33.1 Å². The lowest BCUT2D eigenvalue weighted by Crippen LogP contribution is -2.39. The maximum absolute atomic E-state index is 13.6. The lowest BCUT2D eigenvalue weighted by Gasteiger charge is -2.27. The van der Waals surface area contributed by atoms with E-state index in [9.17, 15) is 30.8 Å². The van der Waals surface area contributed by atoms with Crippen molar-refractivity contribution in [2.45, 2.75) is 60.8 Å². The van der Waals surface area contributed by atoms with E-state index in [0.29, 0.717) is 45.5 Å². The van der Waals surface area contributed by atoms with E-state index in [1.54, 1.807) is 103 Å². The van der Waals surface area contributed by atoms with Gasteiger partial charge in [0.25, 0.3) is 31.9 Å². The van der Waals surface area contributed by atoms with Crippen molar-refractivity contribution in [2.24, 2.45) is 0 Å². The number of carbonyl (C=O) groups excluding carboxylic acids is 2. The van der Waals surface area contributed by atoms with Gasteiger partial charge in [0.1, 0.15) is 16.0 Å². The number of nitrogens with one attached hydrogen (secondary N) is 1. The molecule has 0 radical (unpaired) electrons. The fourth-order valence-corrected chi connectivity index (χ4v) is 9.97. The van der Waals surface area contributed by atoms with Crippen LogP contribution in [0.25, 0.3) is 0 Å². The molecule has 12 nitrogen and oxygen atoms in total. The van der Waals surface area contributed by atoms with Crippen molar-refractivity contribution in [3.8, 4) is 0 Å². The minimum atomic E-state index is -3.98. The summed E-state index contributed by atoms with van der Waals surface area (Å²) in [5, 5.41) is 4.10. The van der Waals surface area contributed by atoms with Crippen molar-refractivity contribution in [1.82, 2.24) is 20.2 Å². The van der Waals surface area contributed by atoms with Crippen molar-refractivity contribution < 1.29 is 30.8 Å². The van der Waals surface area contributed by atoms with E-state index in [4.69, 9.17) is 23.2 Å². The van der Waals surface area contributed by atoms with Gasteiger partial charge in [-0.15, -0.1) is 0 Å². The van der Waals surface area contributed by atoms with E-state index in [1.807, 2.05) is 0 Å². The van der Waals surface area contributed by atoms with Crippen LogP contribution in [0.15, 0.2) is 156 Å². The Balaban J connectivity index is 0.000000189. The number of likely N-dealkylation sites (tertiary alicyclic amines) is 1. The van der Waals surface area contributed by atoms with Crippen LogP contribution in [0.1, 0.15) is 57.5 Å². The molecule has 3 heterocycles. The lowest BCUT2D eigenvalue weighted by molar-refractivity contribution is 0.0782. The largest absolute Gasteiger partial charge is 0.349 e. The quantitative estimate of drug-likeness (QED) is 0.121. The highest BCUT2D eigenvalue weighted by atomic mass is 35.5. The number of pyridine rings is 2. The van der Waals surface area contributed by atoms with Gasteiger partial charge >= 0.3 is 0 Å². The van der Waals surface area contributed by atoms with Gasteiger partial charge in [0.15, 0.2) is 0 Å². The van der Waals surface area contributed by atoms with Gasteiger partial charge in [-0.25, -0.2) is 21.2 Å². The summed E-state index contributed by atoms with van der Waals surface area (Å²) in [6.07, 6.45) is 7.96. The van der Waals surface area contributed by atoms with Gasteiger partial charge in [-0.1, -0.05) is 59.6 Å². The minimum Gasteiger partial charge on any atom is -0.349 e. The highest BCUT2D eigenvalue weighted by molar-refractivity contribution is 7.93. The first-order chi connectivity index (χ1) is 30.3. The number of hydrogen-bond acceptors (Lipinski definition) is 8. The summed E-state index contributed by atoms with van der Waals surface area (Å²) in [5.74, 6) is -0.519. The minimum absolute atomic E-state index is 0.0301. The predicted octanol–water partition coefficient (Wildman–Crippen LogP) is 8.73. The van der Waals surface area contributed by atoms with Crippen molar-refractivity contribution in [3.63, 3.8) is 0 Å². The number of anilines is 2. The molecule has 1 aliphatic heterocycles. The topological polar surface area (TPSA) is 150 Å². The Kier molecular flexibility index (Phi) is 14.4. The molecule has 1 N–H and O–H groups in total. The molecule has 1 saturated heterocycles. The highest BCUT2D eigenvalue weighted by Crippen LogP contribution is 2.30. The summed E-state index contributed by atoms with van der Waals surface area (Å²) in [6.45, 7) is 0.503. The number of benzene rings is 4. The molecule has 0 spiro atoms. The Bertz CT molecular complexity index is 2750. The summed E-state index contributed by atoms with van der Waals surface area (Å²) < 4.78 is 70.0. The normalized spacial score (nSPS) is 15.1. The molecular formula is C46H43Cl2FN6O6S2. The Morgan fingerprint density at radius 2 is 1.16 bits per heavy atom. The van der Waals surface area contributed by atoms with Crippen LogP contribution in [0.2, 0.25) is 10.0 Å². The molecule has 0 bridgehead atoms. The molecule has 6 aromatic rings. The van der Waals surface area contributed by atoms with Gasteiger partial charge in [0.05, 0.1) is 31.0 Å². The summed E-state index contributed by atoms with van der Waals surface area (Å²) in [6, 6.07) is 33.2. The van der Waals surface area contributed by atoms with Gasteiger partial charge in [-0.2, -0.15) is 0 Å². The number of amides is 2. The van der Waals surface area contributed by atoms with E-state index in [1.165, 1.54) is 56.5 Å². The molecule has 2 amide bonds. The Morgan fingerprint density at radius 3 is 1.59 bits per heavy atom. The van der Waals surface area contributed by atoms with Crippen LogP contribution >= 0.6 is 23.2 Å². The maximum atomic E-state index is 13.6. The number of carbonyl (C=O) groups is 2.